The van der Waals surface area contributed by atoms with Crippen LogP contribution < -0.4 is 4.90 Å². The summed E-state index contributed by atoms with van der Waals surface area (Å²) >= 11 is 0. The molecule has 0 aromatic carbocycles. The molecule has 0 amide bonds. The molecule has 3 N–H and O–H groups in total. The fourth-order valence-corrected chi connectivity index (χ4v) is 2.17. The van der Waals surface area contributed by atoms with Crippen molar-refractivity contribution in [1.82, 2.24) is 4.98 Å². The van der Waals surface area contributed by atoms with Crippen LogP contribution in [0.15, 0.2) is 12.1 Å². The Labute approximate surface area is 113 Å². The highest BCUT2D eigenvalue weighted by Crippen LogP contribution is 2.26. The van der Waals surface area contributed by atoms with Crippen LogP contribution in [0.5, 0.6) is 0 Å². The van der Waals surface area contributed by atoms with Gasteiger partial charge in [0.25, 0.3) is 0 Å². The largest absolute Gasteiger partial charge is 0.392 e. The van der Waals surface area contributed by atoms with E-state index in [1.165, 1.54) is 0 Å². The average molecular weight is 266 g/mol. The van der Waals surface area contributed by atoms with Crippen molar-refractivity contribution in [3.8, 4) is 0 Å². The zero-order chi connectivity index (χ0) is 14.2. The average Bonchev–Trinajstić information content (AvgIpc) is 2.68. The summed E-state index contributed by atoms with van der Waals surface area (Å²) in [6, 6.07) is 3.70. The van der Waals surface area contributed by atoms with Crippen LogP contribution in [-0.4, -0.2) is 45.6 Å². The highest BCUT2D eigenvalue weighted by Gasteiger charge is 2.31. The van der Waals surface area contributed by atoms with Crippen LogP contribution in [0.4, 0.5) is 5.82 Å². The Morgan fingerprint density at radius 2 is 1.79 bits per heavy atom. The van der Waals surface area contributed by atoms with Gasteiger partial charge in [-0.3, -0.25) is 0 Å². The van der Waals surface area contributed by atoms with E-state index in [1.807, 2.05) is 11.0 Å². The first-order valence-corrected chi connectivity index (χ1v) is 6.54. The minimum absolute atomic E-state index is 0.0441. The molecule has 2 atom stereocenters. The van der Waals surface area contributed by atoms with Crippen molar-refractivity contribution in [3.63, 3.8) is 0 Å². The normalized spacial score (nSPS) is 24.0. The van der Waals surface area contributed by atoms with E-state index in [1.54, 1.807) is 6.07 Å². The molecule has 0 spiro atoms. The zero-order valence-electron chi connectivity index (χ0n) is 11.7. The van der Waals surface area contributed by atoms with Gasteiger partial charge in [0.2, 0.25) is 0 Å². The standard InChI is InChI=1S/C14H22N2O3/c1-14(2,3)12-4-9(8-17)5-13(15-12)16-6-10(18)11(19)7-16/h4-5,10-11,17-19H,6-8H2,1-3H3. The van der Waals surface area contributed by atoms with Gasteiger partial charge in [0, 0.05) is 24.2 Å². The quantitative estimate of drug-likeness (QED) is 0.723. The molecule has 0 aliphatic carbocycles. The van der Waals surface area contributed by atoms with E-state index in [-0.39, 0.29) is 12.0 Å². The molecule has 1 fully saturated rings. The molecule has 0 bridgehead atoms. The van der Waals surface area contributed by atoms with Crippen molar-refractivity contribution >= 4 is 5.82 Å². The van der Waals surface area contributed by atoms with Crippen LogP contribution >= 0.6 is 0 Å². The Morgan fingerprint density at radius 3 is 2.26 bits per heavy atom. The molecule has 2 unspecified atom stereocenters. The predicted octanol–water partition coefficient (Wildman–Crippen LogP) is 0.413. The van der Waals surface area contributed by atoms with Gasteiger partial charge in [-0.15, -0.1) is 0 Å². The third-order valence-corrected chi connectivity index (χ3v) is 3.41. The zero-order valence-corrected chi connectivity index (χ0v) is 11.7. The Hall–Kier alpha value is -1.17. The Kier molecular flexibility index (Phi) is 3.80. The monoisotopic (exact) mass is 266 g/mol. The maximum atomic E-state index is 9.62. The topological polar surface area (TPSA) is 76.8 Å². The van der Waals surface area contributed by atoms with Gasteiger partial charge in [0.1, 0.15) is 5.82 Å². The third-order valence-electron chi connectivity index (χ3n) is 3.41. The minimum atomic E-state index is -0.738. The summed E-state index contributed by atoms with van der Waals surface area (Å²) in [4.78, 5) is 6.45. The molecule has 5 heteroatoms. The summed E-state index contributed by atoms with van der Waals surface area (Å²) in [5.41, 5.74) is 1.58. The molecule has 0 saturated carbocycles. The van der Waals surface area contributed by atoms with Crippen LogP contribution in [0.25, 0.3) is 0 Å². The van der Waals surface area contributed by atoms with Crippen molar-refractivity contribution in [3.05, 3.63) is 23.4 Å². The number of hydrogen-bond acceptors (Lipinski definition) is 5. The van der Waals surface area contributed by atoms with E-state index in [0.717, 1.165) is 11.3 Å². The molecule has 19 heavy (non-hydrogen) atoms. The third kappa shape index (κ3) is 3.05. The molecule has 2 heterocycles. The molecule has 1 aromatic heterocycles. The van der Waals surface area contributed by atoms with Gasteiger partial charge in [0.05, 0.1) is 18.8 Å². The number of anilines is 1. The number of hydrogen-bond donors (Lipinski definition) is 3. The number of aliphatic hydroxyl groups excluding tert-OH is 3. The molecule has 0 radical (unpaired) electrons. The van der Waals surface area contributed by atoms with Crippen molar-refractivity contribution in [2.75, 3.05) is 18.0 Å². The first-order chi connectivity index (χ1) is 8.81. The molecule has 1 saturated heterocycles. The van der Waals surface area contributed by atoms with Crippen molar-refractivity contribution < 1.29 is 15.3 Å². The van der Waals surface area contributed by atoms with Gasteiger partial charge < -0.3 is 20.2 Å². The molecule has 1 aromatic rings. The van der Waals surface area contributed by atoms with Crippen LogP contribution in [-0.2, 0) is 12.0 Å². The van der Waals surface area contributed by atoms with Crippen molar-refractivity contribution in [2.24, 2.45) is 0 Å². The van der Waals surface area contributed by atoms with Gasteiger partial charge in [-0.05, 0) is 17.7 Å². The lowest BCUT2D eigenvalue weighted by Crippen LogP contribution is -2.24. The fourth-order valence-electron chi connectivity index (χ4n) is 2.17. The smallest absolute Gasteiger partial charge is 0.129 e. The number of aliphatic hydroxyl groups is 3. The van der Waals surface area contributed by atoms with Gasteiger partial charge in [0.15, 0.2) is 0 Å². The number of nitrogens with zero attached hydrogens (tertiary/aromatic N) is 2. The Morgan fingerprint density at radius 1 is 1.21 bits per heavy atom. The van der Waals surface area contributed by atoms with Gasteiger partial charge >= 0.3 is 0 Å². The van der Waals surface area contributed by atoms with Gasteiger partial charge in [-0.2, -0.15) is 0 Å². The van der Waals surface area contributed by atoms with E-state index in [0.29, 0.717) is 18.9 Å². The summed E-state index contributed by atoms with van der Waals surface area (Å²) in [7, 11) is 0. The maximum Gasteiger partial charge on any atom is 0.129 e. The lowest BCUT2D eigenvalue weighted by atomic mass is 9.91. The van der Waals surface area contributed by atoms with Crippen molar-refractivity contribution in [1.29, 1.82) is 0 Å². The van der Waals surface area contributed by atoms with Gasteiger partial charge in [-0.25, -0.2) is 4.98 Å². The van der Waals surface area contributed by atoms with Crippen LogP contribution in [0.1, 0.15) is 32.0 Å². The maximum absolute atomic E-state index is 9.62. The van der Waals surface area contributed by atoms with E-state index in [4.69, 9.17) is 0 Å². The first-order valence-electron chi connectivity index (χ1n) is 6.54. The predicted molar refractivity (Wildman–Crippen MR) is 73.1 cm³/mol. The molecule has 5 nitrogen and oxygen atoms in total. The second kappa shape index (κ2) is 5.07. The van der Waals surface area contributed by atoms with E-state index in [9.17, 15) is 15.3 Å². The van der Waals surface area contributed by atoms with Crippen molar-refractivity contribution in [2.45, 2.75) is 45.0 Å². The van der Waals surface area contributed by atoms with Gasteiger partial charge in [-0.1, -0.05) is 20.8 Å². The number of rotatable bonds is 2. The molecule has 106 valence electrons. The number of β-amino-alcohol motifs (C(OH)–C–C–N with tert-alkyl or cyclic N) is 2. The van der Waals surface area contributed by atoms with E-state index in [2.05, 4.69) is 25.8 Å². The summed E-state index contributed by atoms with van der Waals surface area (Å²) in [6.45, 7) is 6.88. The molecular weight excluding hydrogens is 244 g/mol. The SMILES string of the molecule is CC(C)(C)c1cc(CO)cc(N2CC(O)C(O)C2)n1. The van der Waals surface area contributed by atoms with E-state index < -0.39 is 12.2 Å². The summed E-state index contributed by atoms with van der Waals surface area (Å²) < 4.78 is 0. The second-order valence-corrected chi connectivity index (χ2v) is 6.17. The number of aromatic nitrogens is 1. The Balaban J connectivity index is 2.35. The summed E-state index contributed by atoms with van der Waals surface area (Å²) in [5.74, 6) is 0.701. The lowest BCUT2D eigenvalue weighted by Gasteiger charge is -2.23. The molecule has 1 aliphatic rings. The van der Waals surface area contributed by atoms with Crippen LogP contribution in [0, 0.1) is 0 Å². The highest BCUT2D eigenvalue weighted by atomic mass is 16.3. The number of pyridine rings is 1. The minimum Gasteiger partial charge on any atom is -0.392 e. The molecular formula is C14H22N2O3. The fraction of sp³-hybridized carbons (Fsp3) is 0.643. The van der Waals surface area contributed by atoms with E-state index >= 15 is 0 Å². The first kappa shape index (κ1) is 14.2. The highest BCUT2D eigenvalue weighted by molar-refractivity contribution is 5.45. The second-order valence-electron chi connectivity index (χ2n) is 6.17. The van der Waals surface area contributed by atoms with Crippen LogP contribution in [0.2, 0.25) is 0 Å². The summed E-state index contributed by atoms with van der Waals surface area (Å²) in [6.07, 6.45) is -1.48. The Bertz CT molecular complexity index is 446. The lowest BCUT2D eigenvalue weighted by molar-refractivity contribution is 0.0572. The molecule has 1 aliphatic heterocycles. The molecule has 2 rings (SSSR count). The summed E-state index contributed by atoms with van der Waals surface area (Å²) in [5, 5.41) is 28.6. The van der Waals surface area contributed by atoms with Crippen LogP contribution in [0.3, 0.4) is 0 Å².